The second-order valence-electron chi connectivity index (χ2n) is 22.7. The summed E-state index contributed by atoms with van der Waals surface area (Å²) in [6.07, 6.45) is -4.30. The van der Waals surface area contributed by atoms with Crippen molar-refractivity contribution in [1.82, 2.24) is 14.7 Å². The first-order chi connectivity index (χ1) is 25.5. The molecule has 57 heavy (non-hydrogen) atoms. The molecule has 3 aromatic rings. The highest BCUT2D eigenvalue weighted by Gasteiger charge is 2.45. The maximum Gasteiger partial charge on any atom is 0.172 e. The van der Waals surface area contributed by atoms with Crippen molar-refractivity contribution in [2.45, 2.75) is 196 Å². The van der Waals surface area contributed by atoms with Crippen LogP contribution in [-0.2, 0) is 52.1 Å². The standard InChI is InChI=1S/C48H75N3O6/c1-43(2,3)31-19-28(20-32(37(31)52)44(4,5)6)25-49-40(55)50(26-29-21-33(45(7,8)9)38(53)34(22-29)46(10,11)12)42(57)51(41(49)56)27-30-23-35(47(13,14)15)39(54)36(24-30)48(16,17)18/h19-24,40-42,52-57H,25-27H2,1-18H3. The zero-order valence-electron chi connectivity index (χ0n) is 38.3. The number of aromatic hydroxyl groups is 3. The molecule has 0 atom stereocenters. The van der Waals surface area contributed by atoms with E-state index >= 15 is 0 Å². The van der Waals surface area contributed by atoms with Gasteiger partial charge >= 0.3 is 0 Å². The molecule has 3 aromatic carbocycles. The first-order valence-electron chi connectivity index (χ1n) is 20.5. The van der Waals surface area contributed by atoms with Gasteiger partial charge in [-0.25, -0.2) is 14.7 Å². The van der Waals surface area contributed by atoms with Crippen LogP contribution in [0.4, 0.5) is 0 Å². The summed E-state index contributed by atoms with van der Waals surface area (Å²) in [6, 6.07) is 11.7. The summed E-state index contributed by atoms with van der Waals surface area (Å²) in [4.78, 5) is 4.68. The molecular weight excluding hydrogens is 715 g/mol. The largest absolute Gasteiger partial charge is 0.507 e. The molecule has 9 heteroatoms. The van der Waals surface area contributed by atoms with Crippen LogP contribution in [0, 0.1) is 0 Å². The average molecular weight is 790 g/mol. The third-order valence-corrected chi connectivity index (χ3v) is 11.2. The molecule has 0 aliphatic carbocycles. The highest BCUT2D eigenvalue weighted by molar-refractivity contribution is 5.52. The number of phenols is 3. The Balaban J connectivity index is 1.94. The van der Waals surface area contributed by atoms with Crippen molar-refractivity contribution in [2.24, 2.45) is 0 Å². The minimum atomic E-state index is -1.43. The van der Waals surface area contributed by atoms with Crippen LogP contribution in [0.1, 0.15) is 175 Å². The van der Waals surface area contributed by atoms with Crippen LogP contribution < -0.4 is 0 Å². The van der Waals surface area contributed by atoms with Gasteiger partial charge in [0.15, 0.2) is 19.1 Å². The Morgan fingerprint density at radius 1 is 0.333 bits per heavy atom. The van der Waals surface area contributed by atoms with E-state index in [2.05, 4.69) is 0 Å². The number of nitrogens with zero attached hydrogens (tertiary/aromatic N) is 3. The molecule has 0 radical (unpaired) electrons. The molecule has 4 rings (SSSR count). The summed E-state index contributed by atoms with van der Waals surface area (Å²) < 4.78 is 0. The lowest BCUT2D eigenvalue weighted by Gasteiger charge is -2.52. The summed E-state index contributed by atoms with van der Waals surface area (Å²) in [7, 11) is 0. The Bertz CT molecular complexity index is 1590. The fourth-order valence-corrected chi connectivity index (χ4v) is 7.84. The van der Waals surface area contributed by atoms with E-state index in [1.807, 2.05) is 161 Å². The topological polar surface area (TPSA) is 131 Å². The molecule has 9 nitrogen and oxygen atoms in total. The third-order valence-electron chi connectivity index (χ3n) is 11.2. The third kappa shape index (κ3) is 10.00. The molecular formula is C48H75N3O6. The molecule has 0 amide bonds. The second-order valence-corrected chi connectivity index (χ2v) is 22.7. The number of aliphatic hydroxyl groups is 3. The van der Waals surface area contributed by atoms with E-state index in [1.54, 1.807) is 14.7 Å². The fraction of sp³-hybridized carbons (Fsp3) is 0.625. The number of rotatable bonds is 6. The Morgan fingerprint density at radius 3 is 0.596 bits per heavy atom. The van der Waals surface area contributed by atoms with Crippen molar-refractivity contribution < 1.29 is 30.6 Å². The summed E-state index contributed by atoms with van der Waals surface area (Å²) >= 11 is 0. The first-order valence-corrected chi connectivity index (χ1v) is 20.5. The van der Waals surface area contributed by atoms with Gasteiger partial charge in [-0.1, -0.05) is 161 Å². The summed E-state index contributed by atoms with van der Waals surface area (Å²) in [6.45, 7) is 37.2. The first kappa shape index (κ1) is 46.5. The summed E-state index contributed by atoms with van der Waals surface area (Å²) in [5.41, 5.74) is 4.62. The average Bonchev–Trinajstić information content (AvgIpc) is 3.02. The molecule has 0 saturated carbocycles. The SMILES string of the molecule is CC(C)(C)c1cc(CN2C(O)N(Cc3cc(C(C)(C)C)c(O)c(C(C)(C)C)c3)C(O)N(Cc3cc(C(C)(C)C)c(O)c(C(C)(C)C)c3)C2O)cc(C(C)(C)C)c1O. The lowest BCUT2D eigenvalue weighted by molar-refractivity contribution is -0.347. The van der Waals surface area contributed by atoms with Crippen LogP contribution in [0.5, 0.6) is 17.2 Å². The second kappa shape index (κ2) is 15.4. The summed E-state index contributed by atoms with van der Waals surface area (Å²) in [5, 5.41) is 71.4. The van der Waals surface area contributed by atoms with E-state index in [-0.39, 0.29) is 36.9 Å². The zero-order chi connectivity index (χ0) is 43.8. The van der Waals surface area contributed by atoms with Crippen LogP contribution in [0.2, 0.25) is 0 Å². The normalized spacial score (nSPS) is 20.1. The number of benzene rings is 3. The molecule has 1 aliphatic heterocycles. The van der Waals surface area contributed by atoms with Crippen LogP contribution >= 0.6 is 0 Å². The Labute approximate surface area is 344 Å². The van der Waals surface area contributed by atoms with Gasteiger partial charge in [-0.2, -0.15) is 0 Å². The lowest BCUT2D eigenvalue weighted by Crippen LogP contribution is -2.70. The molecule has 0 spiro atoms. The molecule has 318 valence electrons. The Morgan fingerprint density at radius 2 is 0.474 bits per heavy atom. The van der Waals surface area contributed by atoms with Crippen molar-refractivity contribution in [1.29, 1.82) is 0 Å². The van der Waals surface area contributed by atoms with Crippen molar-refractivity contribution in [2.75, 3.05) is 0 Å². The molecule has 1 saturated heterocycles. The van der Waals surface area contributed by atoms with E-state index in [4.69, 9.17) is 0 Å². The monoisotopic (exact) mass is 790 g/mol. The highest BCUT2D eigenvalue weighted by atomic mass is 16.4. The Kier molecular flexibility index (Phi) is 12.6. The van der Waals surface area contributed by atoms with Gasteiger partial charge in [-0.3, -0.25) is 0 Å². The van der Waals surface area contributed by atoms with E-state index in [9.17, 15) is 30.6 Å². The number of phenolic OH excluding ortho intramolecular Hbond substituents is 3. The number of aliphatic hydroxyl groups excluding tert-OH is 3. The molecule has 1 aliphatic rings. The van der Waals surface area contributed by atoms with Crippen LogP contribution in [-0.4, -0.2) is 64.4 Å². The predicted octanol–water partition coefficient (Wildman–Crippen LogP) is 9.24. The highest BCUT2D eigenvalue weighted by Crippen LogP contribution is 2.44. The number of hydrogen-bond donors (Lipinski definition) is 6. The maximum absolute atomic E-state index is 12.3. The molecule has 0 bridgehead atoms. The van der Waals surface area contributed by atoms with E-state index in [1.165, 1.54) is 0 Å². The van der Waals surface area contributed by atoms with Crippen LogP contribution in [0.25, 0.3) is 0 Å². The quantitative estimate of drug-likeness (QED) is 0.145. The zero-order valence-corrected chi connectivity index (χ0v) is 38.3. The molecule has 6 N–H and O–H groups in total. The van der Waals surface area contributed by atoms with E-state index < -0.39 is 51.5 Å². The van der Waals surface area contributed by atoms with Crippen molar-refractivity contribution in [3.8, 4) is 17.2 Å². The van der Waals surface area contributed by atoms with Gasteiger partial charge in [0, 0.05) is 19.6 Å². The van der Waals surface area contributed by atoms with Crippen molar-refractivity contribution >= 4 is 0 Å². The van der Waals surface area contributed by atoms with Crippen LogP contribution in [0.3, 0.4) is 0 Å². The molecule has 1 fully saturated rings. The molecule has 1 heterocycles. The smallest absolute Gasteiger partial charge is 0.172 e. The van der Waals surface area contributed by atoms with Gasteiger partial charge in [0.05, 0.1) is 0 Å². The molecule has 0 unspecified atom stereocenters. The van der Waals surface area contributed by atoms with Gasteiger partial charge in [0.1, 0.15) is 17.2 Å². The van der Waals surface area contributed by atoms with Gasteiger partial charge < -0.3 is 30.6 Å². The van der Waals surface area contributed by atoms with E-state index in [0.29, 0.717) is 0 Å². The molecule has 0 aromatic heterocycles. The predicted molar refractivity (Wildman–Crippen MR) is 231 cm³/mol. The summed E-state index contributed by atoms with van der Waals surface area (Å²) in [5.74, 6) is 0.723. The van der Waals surface area contributed by atoms with Crippen LogP contribution in [0.15, 0.2) is 36.4 Å². The Hall–Kier alpha value is -3.18. The maximum atomic E-state index is 12.3. The van der Waals surface area contributed by atoms with Gasteiger partial charge in [0.25, 0.3) is 0 Å². The van der Waals surface area contributed by atoms with Crippen molar-refractivity contribution in [3.05, 3.63) is 86.5 Å². The van der Waals surface area contributed by atoms with Crippen molar-refractivity contribution in [3.63, 3.8) is 0 Å². The lowest BCUT2D eigenvalue weighted by atomic mass is 9.78. The minimum Gasteiger partial charge on any atom is -0.507 e. The van der Waals surface area contributed by atoms with Gasteiger partial charge in [-0.05, 0) is 82.6 Å². The van der Waals surface area contributed by atoms with E-state index in [0.717, 1.165) is 50.1 Å². The van der Waals surface area contributed by atoms with Gasteiger partial charge in [0.2, 0.25) is 0 Å². The fourth-order valence-electron chi connectivity index (χ4n) is 7.84. The number of hydrogen-bond acceptors (Lipinski definition) is 9. The minimum absolute atomic E-state index is 0.0978. The van der Waals surface area contributed by atoms with Gasteiger partial charge in [-0.15, -0.1) is 0 Å².